The highest BCUT2D eigenvalue weighted by Crippen LogP contribution is 2.28. The molecule has 0 amide bonds. The second kappa shape index (κ2) is 7.66. The molecule has 2 atom stereocenters. The van der Waals surface area contributed by atoms with Crippen molar-refractivity contribution in [1.29, 1.82) is 0 Å². The van der Waals surface area contributed by atoms with Crippen LogP contribution in [-0.4, -0.2) is 42.8 Å². The van der Waals surface area contributed by atoms with Crippen molar-refractivity contribution in [3.63, 3.8) is 0 Å². The highest BCUT2D eigenvalue weighted by molar-refractivity contribution is 5.17. The summed E-state index contributed by atoms with van der Waals surface area (Å²) >= 11 is 0. The smallest absolute Gasteiger partial charge is 0.165 e. The molecule has 0 aliphatic carbocycles. The molecule has 1 N–H and O–H groups in total. The third-order valence-corrected chi connectivity index (χ3v) is 4.56. The first-order valence-electron chi connectivity index (χ1n) is 8.50. The minimum Gasteiger partial charge on any atom is -0.388 e. The minimum absolute atomic E-state index is 0.386. The molecule has 1 aromatic carbocycles. The lowest BCUT2D eigenvalue weighted by Crippen LogP contribution is -2.31. The molecule has 1 saturated heterocycles. The van der Waals surface area contributed by atoms with Gasteiger partial charge in [-0.25, -0.2) is 4.68 Å². The number of aliphatic hydroxyl groups excluding tert-OH is 1. The molecule has 23 heavy (non-hydrogen) atoms. The topological polar surface area (TPSA) is 67.1 Å². The summed E-state index contributed by atoms with van der Waals surface area (Å²) < 4.78 is 1.89. The van der Waals surface area contributed by atoms with Crippen molar-refractivity contribution < 1.29 is 5.11 Å². The van der Waals surface area contributed by atoms with Crippen molar-refractivity contribution in [3.8, 4) is 0 Å². The van der Waals surface area contributed by atoms with E-state index in [1.54, 1.807) is 0 Å². The lowest BCUT2D eigenvalue weighted by Gasteiger charge is -2.26. The predicted octanol–water partition coefficient (Wildman–Crippen LogP) is 2.17. The lowest BCUT2D eigenvalue weighted by molar-refractivity contribution is 0.116. The van der Waals surface area contributed by atoms with Gasteiger partial charge >= 0.3 is 0 Å². The van der Waals surface area contributed by atoms with E-state index in [0.717, 1.165) is 50.3 Å². The number of hydrogen-bond donors (Lipinski definition) is 1. The van der Waals surface area contributed by atoms with Gasteiger partial charge in [-0.05, 0) is 48.2 Å². The maximum atomic E-state index is 10.5. The summed E-state index contributed by atoms with van der Waals surface area (Å²) in [5.74, 6) is 0.924. The van der Waals surface area contributed by atoms with Gasteiger partial charge in [0.2, 0.25) is 0 Å². The number of aryl methyl sites for hydroxylation is 1. The van der Waals surface area contributed by atoms with Crippen molar-refractivity contribution in [3.05, 3.63) is 41.7 Å². The van der Waals surface area contributed by atoms with Gasteiger partial charge in [-0.15, -0.1) is 5.10 Å². The van der Waals surface area contributed by atoms with Crippen LogP contribution in [0.25, 0.3) is 0 Å². The summed E-state index contributed by atoms with van der Waals surface area (Å²) in [6.07, 6.45) is 3.67. The SMILES string of the molecule is CCCn1nnnc1CN1CCC[C@@H]1C[C@H](O)c1ccccc1. The van der Waals surface area contributed by atoms with Gasteiger partial charge in [-0.1, -0.05) is 37.3 Å². The first kappa shape index (κ1) is 16.1. The number of tetrazole rings is 1. The van der Waals surface area contributed by atoms with Crippen LogP contribution in [-0.2, 0) is 13.1 Å². The largest absolute Gasteiger partial charge is 0.388 e. The zero-order valence-electron chi connectivity index (χ0n) is 13.7. The van der Waals surface area contributed by atoms with Crippen LogP contribution in [0.5, 0.6) is 0 Å². The van der Waals surface area contributed by atoms with E-state index in [1.807, 2.05) is 35.0 Å². The van der Waals surface area contributed by atoms with E-state index in [9.17, 15) is 5.11 Å². The third-order valence-electron chi connectivity index (χ3n) is 4.56. The summed E-state index contributed by atoms with van der Waals surface area (Å²) in [7, 11) is 0. The van der Waals surface area contributed by atoms with Crippen LogP contribution in [0.15, 0.2) is 30.3 Å². The standard InChI is InChI=1S/C17H25N5O/c1-2-10-22-17(18-19-20-22)13-21-11-6-9-15(21)12-16(23)14-7-4-3-5-8-14/h3-5,7-8,15-16,23H,2,6,9-13H2,1H3/t15-,16+/m1/s1. The molecule has 6 nitrogen and oxygen atoms in total. The number of likely N-dealkylation sites (tertiary alicyclic amines) is 1. The quantitative estimate of drug-likeness (QED) is 0.848. The van der Waals surface area contributed by atoms with Crippen molar-refractivity contribution in [1.82, 2.24) is 25.1 Å². The van der Waals surface area contributed by atoms with Gasteiger partial charge in [0.1, 0.15) is 0 Å². The molecule has 6 heteroatoms. The fraction of sp³-hybridized carbons (Fsp3) is 0.588. The molecular formula is C17H25N5O. The van der Waals surface area contributed by atoms with E-state index < -0.39 is 6.10 Å². The van der Waals surface area contributed by atoms with Crippen LogP contribution in [0.2, 0.25) is 0 Å². The van der Waals surface area contributed by atoms with Gasteiger partial charge in [-0.3, -0.25) is 4.90 Å². The number of benzene rings is 1. The van der Waals surface area contributed by atoms with Crippen LogP contribution in [0, 0.1) is 0 Å². The Kier molecular flexibility index (Phi) is 5.35. The molecular weight excluding hydrogens is 290 g/mol. The Hall–Kier alpha value is -1.79. The van der Waals surface area contributed by atoms with Crippen molar-refractivity contribution in [2.75, 3.05) is 6.54 Å². The summed E-state index contributed by atoms with van der Waals surface area (Å²) in [6, 6.07) is 10.3. The predicted molar refractivity (Wildman–Crippen MR) is 87.6 cm³/mol. The number of aliphatic hydroxyl groups is 1. The molecule has 0 bridgehead atoms. The second-order valence-electron chi connectivity index (χ2n) is 6.25. The monoisotopic (exact) mass is 315 g/mol. The maximum absolute atomic E-state index is 10.5. The molecule has 0 saturated carbocycles. The molecule has 1 aliphatic heterocycles. The number of hydrogen-bond acceptors (Lipinski definition) is 5. The zero-order valence-corrected chi connectivity index (χ0v) is 13.7. The van der Waals surface area contributed by atoms with Crippen molar-refractivity contribution in [2.24, 2.45) is 0 Å². The van der Waals surface area contributed by atoms with Gasteiger partial charge in [-0.2, -0.15) is 0 Å². The Balaban J connectivity index is 1.62. The first-order chi connectivity index (χ1) is 11.3. The summed E-state index contributed by atoms with van der Waals surface area (Å²) in [5.41, 5.74) is 0.996. The molecule has 2 aromatic rings. The molecule has 0 spiro atoms. The average Bonchev–Trinajstić information content (AvgIpc) is 3.19. The Morgan fingerprint density at radius 2 is 2.13 bits per heavy atom. The maximum Gasteiger partial charge on any atom is 0.165 e. The molecule has 1 aliphatic rings. The van der Waals surface area contributed by atoms with Gasteiger partial charge in [0.05, 0.1) is 12.6 Å². The normalized spacial score (nSPS) is 20.0. The van der Waals surface area contributed by atoms with Crippen molar-refractivity contribution in [2.45, 2.75) is 57.8 Å². The van der Waals surface area contributed by atoms with Gasteiger partial charge in [0, 0.05) is 12.6 Å². The Labute approximate surface area is 137 Å². The van der Waals surface area contributed by atoms with E-state index in [2.05, 4.69) is 27.3 Å². The highest BCUT2D eigenvalue weighted by Gasteiger charge is 2.28. The van der Waals surface area contributed by atoms with E-state index in [0.29, 0.717) is 6.04 Å². The summed E-state index contributed by atoms with van der Waals surface area (Å²) in [6.45, 7) is 4.79. The molecule has 1 aromatic heterocycles. The molecule has 1 fully saturated rings. The highest BCUT2D eigenvalue weighted by atomic mass is 16.3. The fourth-order valence-corrected chi connectivity index (χ4v) is 3.34. The van der Waals surface area contributed by atoms with Crippen LogP contribution in [0.1, 0.15) is 50.1 Å². The van der Waals surface area contributed by atoms with E-state index in [4.69, 9.17) is 0 Å². The lowest BCUT2D eigenvalue weighted by atomic mass is 10.0. The molecule has 3 rings (SSSR count). The average molecular weight is 315 g/mol. The first-order valence-corrected chi connectivity index (χ1v) is 8.50. The fourth-order valence-electron chi connectivity index (χ4n) is 3.34. The van der Waals surface area contributed by atoms with Crippen LogP contribution in [0.4, 0.5) is 0 Å². The van der Waals surface area contributed by atoms with E-state index in [-0.39, 0.29) is 0 Å². The summed E-state index contributed by atoms with van der Waals surface area (Å²) in [5, 5.41) is 22.5. The Morgan fingerprint density at radius 1 is 1.30 bits per heavy atom. The molecule has 0 unspecified atom stereocenters. The molecule has 2 heterocycles. The number of aromatic nitrogens is 4. The Morgan fingerprint density at radius 3 is 2.91 bits per heavy atom. The molecule has 0 radical (unpaired) electrons. The van der Waals surface area contributed by atoms with Gasteiger partial charge in [0.25, 0.3) is 0 Å². The third kappa shape index (κ3) is 3.95. The van der Waals surface area contributed by atoms with Crippen molar-refractivity contribution >= 4 is 0 Å². The summed E-state index contributed by atoms with van der Waals surface area (Å²) in [4.78, 5) is 2.41. The number of nitrogens with zero attached hydrogens (tertiary/aromatic N) is 5. The Bertz CT molecular complexity index is 600. The van der Waals surface area contributed by atoms with Crippen LogP contribution in [0.3, 0.4) is 0 Å². The van der Waals surface area contributed by atoms with Gasteiger partial charge < -0.3 is 5.11 Å². The molecule has 124 valence electrons. The van der Waals surface area contributed by atoms with E-state index >= 15 is 0 Å². The number of rotatable bonds is 7. The minimum atomic E-state index is -0.409. The zero-order chi connectivity index (χ0) is 16.1. The van der Waals surface area contributed by atoms with Crippen LogP contribution < -0.4 is 0 Å². The van der Waals surface area contributed by atoms with Crippen LogP contribution >= 0.6 is 0 Å². The second-order valence-corrected chi connectivity index (χ2v) is 6.25. The van der Waals surface area contributed by atoms with Gasteiger partial charge in [0.15, 0.2) is 5.82 Å². The van der Waals surface area contributed by atoms with E-state index in [1.165, 1.54) is 6.42 Å².